The molecular weight excluding hydrogens is 381 g/mol. The summed E-state index contributed by atoms with van der Waals surface area (Å²) in [5.74, 6) is 0.0800. The molecule has 3 rings (SSSR count). The van der Waals surface area contributed by atoms with Crippen molar-refractivity contribution >= 4 is 5.65 Å². The maximum atomic E-state index is 13.7. The molecule has 1 atom stereocenters. The molecule has 2 aromatic heterocycles. The number of rotatable bonds is 6. The number of benzene rings is 1. The third-order valence-electron chi connectivity index (χ3n) is 4.51. The van der Waals surface area contributed by atoms with Crippen LogP contribution < -0.4 is 10.5 Å². The maximum absolute atomic E-state index is 13.7. The van der Waals surface area contributed by atoms with Crippen LogP contribution in [0.5, 0.6) is 5.75 Å². The first-order valence-electron chi connectivity index (χ1n) is 9.40. The summed E-state index contributed by atoms with van der Waals surface area (Å²) in [6.45, 7) is 7.59. The van der Waals surface area contributed by atoms with Crippen molar-refractivity contribution in [2.45, 2.75) is 45.8 Å². The van der Waals surface area contributed by atoms with Crippen LogP contribution in [0.4, 0.5) is 13.2 Å². The molecule has 0 aliphatic carbocycles. The summed E-state index contributed by atoms with van der Waals surface area (Å²) in [4.78, 5) is 4.37. The molecule has 0 amide bonds. The molecule has 0 saturated heterocycles. The van der Waals surface area contributed by atoms with E-state index in [2.05, 4.69) is 10.1 Å². The molecular formula is C21H25F3N4O. The van der Waals surface area contributed by atoms with Crippen molar-refractivity contribution < 1.29 is 17.9 Å². The van der Waals surface area contributed by atoms with Gasteiger partial charge in [0.15, 0.2) is 5.65 Å². The zero-order chi connectivity index (χ0) is 21.4. The number of halogens is 3. The van der Waals surface area contributed by atoms with Crippen LogP contribution >= 0.6 is 0 Å². The first-order chi connectivity index (χ1) is 13.5. The summed E-state index contributed by atoms with van der Waals surface area (Å²) in [6, 6.07) is 5.68. The fourth-order valence-electron chi connectivity index (χ4n) is 3.52. The number of alkyl halides is 3. The summed E-state index contributed by atoms with van der Waals surface area (Å²) < 4.78 is 48.3. The van der Waals surface area contributed by atoms with E-state index in [4.69, 9.17) is 10.5 Å². The third-order valence-corrected chi connectivity index (χ3v) is 4.51. The summed E-state index contributed by atoms with van der Waals surface area (Å²) in [5.41, 5.74) is 6.81. The SMILES string of the molecule is Cc1cn2nccc(-c3ccc(OCC(C)(N)CC(C)C)c(C(F)(F)F)c3)c2n1. The minimum Gasteiger partial charge on any atom is -0.491 e. The van der Waals surface area contributed by atoms with Gasteiger partial charge in [-0.3, -0.25) is 0 Å². The zero-order valence-electron chi connectivity index (χ0n) is 16.9. The molecule has 156 valence electrons. The van der Waals surface area contributed by atoms with Gasteiger partial charge in [0.25, 0.3) is 0 Å². The van der Waals surface area contributed by atoms with Gasteiger partial charge in [-0.1, -0.05) is 19.9 Å². The van der Waals surface area contributed by atoms with Gasteiger partial charge in [-0.15, -0.1) is 0 Å². The second-order valence-corrected chi connectivity index (χ2v) is 8.14. The second-order valence-electron chi connectivity index (χ2n) is 8.14. The average Bonchev–Trinajstić information content (AvgIpc) is 2.98. The number of nitrogens with two attached hydrogens (primary N) is 1. The normalized spacial score (nSPS) is 14.4. The van der Waals surface area contributed by atoms with Gasteiger partial charge in [-0.2, -0.15) is 18.3 Å². The number of nitrogens with zero attached hydrogens (tertiary/aromatic N) is 3. The molecule has 0 fully saturated rings. The van der Waals surface area contributed by atoms with E-state index in [1.54, 1.807) is 36.7 Å². The third kappa shape index (κ3) is 4.87. The number of aryl methyl sites for hydroxylation is 1. The van der Waals surface area contributed by atoms with Crippen molar-refractivity contribution in [3.8, 4) is 16.9 Å². The van der Waals surface area contributed by atoms with Crippen molar-refractivity contribution in [3.05, 3.63) is 47.9 Å². The highest BCUT2D eigenvalue weighted by atomic mass is 19.4. The van der Waals surface area contributed by atoms with Crippen LogP contribution in [0.3, 0.4) is 0 Å². The predicted molar refractivity (Wildman–Crippen MR) is 106 cm³/mol. The number of ether oxygens (including phenoxy) is 1. The van der Waals surface area contributed by atoms with Gasteiger partial charge in [0.05, 0.1) is 17.5 Å². The van der Waals surface area contributed by atoms with Crippen molar-refractivity contribution in [3.63, 3.8) is 0 Å². The molecule has 0 bridgehead atoms. The summed E-state index contributed by atoms with van der Waals surface area (Å²) >= 11 is 0. The summed E-state index contributed by atoms with van der Waals surface area (Å²) in [7, 11) is 0. The van der Waals surface area contributed by atoms with Crippen LogP contribution in [0.15, 0.2) is 36.7 Å². The van der Waals surface area contributed by atoms with Crippen LogP contribution in [-0.4, -0.2) is 26.7 Å². The van der Waals surface area contributed by atoms with Crippen LogP contribution in [0.2, 0.25) is 0 Å². The van der Waals surface area contributed by atoms with Crippen LogP contribution in [-0.2, 0) is 6.18 Å². The van der Waals surface area contributed by atoms with Gasteiger partial charge < -0.3 is 10.5 Å². The molecule has 2 heterocycles. The van der Waals surface area contributed by atoms with Gasteiger partial charge in [0, 0.05) is 17.3 Å². The van der Waals surface area contributed by atoms with E-state index in [0.29, 0.717) is 29.1 Å². The first kappa shape index (κ1) is 21.1. The van der Waals surface area contributed by atoms with Crippen molar-refractivity contribution in [1.82, 2.24) is 14.6 Å². The quantitative estimate of drug-likeness (QED) is 0.635. The number of hydrogen-bond acceptors (Lipinski definition) is 4. The van der Waals surface area contributed by atoms with Gasteiger partial charge in [0.2, 0.25) is 0 Å². The molecule has 0 saturated carbocycles. The van der Waals surface area contributed by atoms with Gasteiger partial charge >= 0.3 is 6.18 Å². The van der Waals surface area contributed by atoms with E-state index in [0.717, 1.165) is 11.8 Å². The van der Waals surface area contributed by atoms with Gasteiger partial charge in [-0.25, -0.2) is 9.50 Å². The lowest BCUT2D eigenvalue weighted by atomic mass is 9.93. The Morgan fingerprint density at radius 2 is 1.93 bits per heavy atom. The molecule has 1 aromatic carbocycles. The van der Waals surface area contributed by atoms with E-state index in [1.807, 2.05) is 13.8 Å². The van der Waals surface area contributed by atoms with Crippen LogP contribution in [0.1, 0.15) is 38.4 Å². The fourth-order valence-corrected chi connectivity index (χ4v) is 3.52. The van der Waals surface area contributed by atoms with Crippen molar-refractivity contribution in [2.75, 3.05) is 6.61 Å². The standard InChI is InChI=1S/C21H25F3N4O/c1-13(2)10-20(4,25)12-29-18-6-5-15(9-17(18)21(22,23)24)16-7-8-26-28-11-14(3)27-19(16)28/h5-9,11,13H,10,12,25H2,1-4H3. The van der Waals surface area contributed by atoms with E-state index >= 15 is 0 Å². The topological polar surface area (TPSA) is 65.4 Å². The van der Waals surface area contributed by atoms with Crippen molar-refractivity contribution in [2.24, 2.45) is 11.7 Å². The van der Waals surface area contributed by atoms with Gasteiger partial charge in [-0.05, 0) is 49.9 Å². The minimum atomic E-state index is -4.57. The largest absolute Gasteiger partial charge is 0.491 e. The van der Waals surface area contributed by atoms with Crippen molar-refractivity contribution in [1.29, 1.82) is 0 Å². The zero-order valence-corrected chi connectivity index (χ0v) is 16.9. The highest BCUT2D eigenvalue weighted by molar-refractivity contribution is 5.78. The monoisotopic (exact) mass is 406 g/mol. The van der Waals surface area contributed by atoms with Crippen LogP contribution in [0.25, 0.3) is 16.8 Å². The fraction of sp³-hybridized carbons (Fsp3) is 0.429. The second kappa shape index (κ2) is 7.67. The molecule has 1 unspecified atom stereocenters. The van der Waals surface area contributed by atoms with E-state index in [1.165, 1.54) is 12.3 Å². The summed E-state index contributed by atoms with van der Waals surface area (Å²) in [6.07, 6.45) is -0.672. The molecule has 5 nitrogen and oxygen atoms in total. The Kier molecular flexibility index (Phi) is 5.58. The number of aromatic nitrogens is 3. The molecule has 0 aliphatic rings. The molecule has 0 radical (unpaired) electrons. The molecule has 8 heteroatoms. The molecule has 2 N–H and O–H groups in total. The summed E-state index contributed by atoms with van der Waals surface area (Å²) in [5, 5.41) is 4.15. The Balaban J connectivity index is 1.98. The molecule has 0 spiro atoms. The number of fused-ring (bicyclic) bond motifs is 1. The van der Waals surface area contributed by atoms with E-state index < -0.39 is 17.3 Å². The van der Waals surface area contributed by atoms with Crippen LogP contribution in [0, 0.1) is 12.8 Å². The van der Waals surface area contributed by atoms with E-state index in [-0.39, 0.29) is 12.4 Å². The molecule has 0 aliphatic heterocycles. The van der Waals surface area contributed by atoms with Gasteiger partial charge in [0.1, 0.15) is 12.4 Å². The number of hydrogen-bond donors (Lipinski definition) is 1. The minimum absolute atomic E-state index is 0.00738. The maximum Gasteiger partial charge on any atom is 0.419 e. The lowest BCUT2D eigenvalue weighted by molar-refractivity contribution is -0.139. The van der Waals surface area contributed by atoms with E-state index in [9.17, 15) is 13.2 Å². The molecule has 3 aromatic rings. The highest BCUT2D eigenvalue weighted by Gasteiger charge is 2.35. The lowest BCUT2D eigenvalue weighted by Crippen LogP contribution is -2.43. The number of imidazole rings is 1. The first-order valence-corrected chi connectivity index (χ1v) is 9.40. The Morgan fingerprint density at radius 3 is 2.59 bits per heavy atom. The Hall–Kier alpha value is -2.61. The lowest BCUT2D eigenvalue weighted by Gasteiger charge is -2.27. The molecule has 29 heavy (non-hydrogen) atoms. The highest BCUT2D eigenvalue weighted by Crippen LogP contribution is 2.39. The Labute approximate surface area is 167 Å². The average molecular weight is 406 g/mol. The Morgan fingerprint density at radius 1 is 1.21 bits per heavy atom. The smallest absolute Gasteiger partial charge is 0.419 e. The predicted octanol–water partition coefficient (Wildman–Crippen LogP) is 4.87. The Bertz CT molecular complexity index is 1010.